The van der Waals surface area contributed by atoms with E-state index in [2.05, 4.69) is 14.1 Å². The summed E-state index contributed by atoms with van der Waals surface area (Å²) in [5.41, 5.74) is 2.86. The van der Waals surface area contributed by atoms with E-state index >= 15 is 0 Å². The lowest BCUT2D eigenvalue weighted by molar-refractivity contribution is 0.560. The Morgan fingerprint density at radius 3 is 2.78 bits per heavy atom. The van der Waals surface area contributed by atoms with E-state index in [0.717, 1.165) is 16.6 Å². The Morgan fingerprint density at radius 2 is 2.06 bits per heavy atom. The minimum absolute atomic E-state index is 0.0655. The highest BCUT2D eigenvalue weighted by Gasteiger charge is 2.10. The summed E-state index contributed by atoms with van der Waals surface area (Å²) in [4.78, 5) is 0. The molecule has 0 aliphatic carbocycles. The molecule has 0 radical (unpaired) electrons. The number of aromatic nitrogens is 2. The molecule has 0 saturated carbocycles. The third-order valence-corrected chi connectivity index (χ3v) is 4.19. The molecule has 1 aromatic heterocycles. The Bertz CT molecular complexity index is 637. The van der Waals surface area contributed by atoms with Gasteiger partial charge in [0.05, 0.1) is 17.5 Å². The molecule has 1 N–H and O–H groups in total. The fourth-order valence-corrected chi connectivity index (χ4v) is 3.29. The van der Waals surface area contributed by atoms with E-state index in [1.54, 1.807) is 0 Å². The smallest absolute Gasteiger partial charge is 0.148 e. The Balaban J connectivity index is 1.97. The zero-order valence-electron chi connectivity index (χ0n) is 10.3. The second-order valence-electron chi connectivity index (χ2n) is 4.46. The summed E-state index contributed by atoms with van der Waals surface area (Å²) in [6.45, 7) is 2.49. The van der Waals surface area contributed by atoms with Gasteiger partial charge in [0.15, 0.2) is 0 Å². The highest BCUT2D eigenvalue weighted by atomic mass is 32.2. The molecule has 1 atom stereocenters. The lowest BCUT2D eigenvalue weighted by Crippen LogP contribution is -2.32. The Hall–Kier alpha value is -1.05. The predicted molar refractivity (Wildman–Crippen MR) is 73.4 cm³/mol. The molecule has 0 saturated heterocycles. The van der Waals surface area contributed by atoms with Gasteiger partial charge in [-0.15, -0.1) is 0 Å². The number of rotatable bonds is 5. The van der Waals surface area contributed by atoms with Gasteiger partial charge in [0, 0.05) is 18.8 Å². The molecule has 1 heterocycles. The van der Waals surface area contributed by atoms with Crippen LogP contribution in [-0.4, -0.2) is 35.2 Å². The third-order valence-electron chi connectivity index (χ3n) is 2.53. The molecule has 1 aromatic carbocycles. The second-order valence-corrected chi connectivity index (χ2v) is 7.17. The van der Waals surface area contributed by atoms with E-state index in [4.69, 9.17) is 0 Å². The van der Waals surface area contributed by atoms with Crippen molar-refractivity contribution in [2.45, 2.75) is 19.5 Å². The molecule has 0 aliphatic heterocycles. The fraction of sp³-hybridized carbons (Fsp3) is 0.455. The molecule has 0 fully saturated rings. The van der Waals surface area contributed by atoms with Crippen molar-refractivity contribution < 1.29 is 8.42 Å². The molecular formula is C11H15N3O2S2. The van der Waals surface area contributed by atoms with Crippen LogP contribution in [0, 0.1) is 0 Å². The minimum atomic E-state index is -2.94. The van der Waals surface area contributed by atoms with Gasteiger partial charge in [-0.3, -0.25) is 0 Å². The Kier molecular flexibility index (Phi) is 3.94. The highest BCUT2D eigenvalue weighted by molar-refractivity contribution is 7.90. The molecule has 2 aromatic rings. The van der Waals surface area contributed by atoms with Crippen LogP contribution in [0.25, 0.3) is 11.0 Å². The van der Waals surface area contributed by atoms with Gasteiger partial charge in [0.1, 0.15) is 20.9 Å². The first-order valence-electron chi connectivity index (χ1n) is 5.56. The zero-order valence-corrected chi connectivity index (χ0v) is 11.9. The number of nitrogens with zero attached hydrogens (tertiary/aromatic N) is 2. The highest BCUT2D eigenvalue weighted by Crippen LogP contribution is 2.13. The molecule has 7 heteroatoms. The van der Waals surface area contributed by atoms with Crippen molar-refractivity contribution in [3.63, 3.8) is 0 Å². The van der Waals surface area contributed by atoms with Crippen molar-refractivity contribution in [1.82, 2.24) is 14.1 Å². The Morgan fingerprint density at radius 1 is 1.33 bits per heavy atom. The molecule has 18 heavy (non-hydrogen) atoms. The van der Waals surface area contributed by atoms with Gasteiger partial charge in [-0.2, -0.15) is 8.75 Å². The van der Waals surface area contributed by atoms with E-state index in [1.807, 2.05) is 25.1 Å². The van der Waals surface area contributed by atoms with Crippen LogP contribution in [-0.2, 0) is 16.4 Å². The van der Waals surface area contributed by atoms with Crippen LogP contribution >= 0.6 is 11.7 Å². The van der Waals surface area contributed by atoms with Gasteiger partial charge in [-0.1, -0.05) is 6.07 Å². The van der Waals surface area contributed by atoms with E-state index < -0.39 is 9.84 Å². The number of hydrogen-bond acceptors (Lipinski definition) is 6. The number of nitrogens with one attached hydrogen (secondary N) is 1. The van der Waals surface area contributed by atoms with Crippen molar-refractivity contribution in [3.05, 3.63) is 23.8 Å². The summed E-state index contributed by atoms with van der Waals surface area (Å²) in [5, 5.41) is 3.19. The SMILES string of the molecule is CC(CS(C)(=O)=O)NCc1ccc2nsnc2c1. The quantitative estimate of drug-likeness (QED) is 0.894. The van der Waals surface area contributed by atoms with Gasteiger partial charge in [0.2, 0.25) is 0 Å². The summed E-state index contributed by atoms with van der Waals surface area (Å²) in [6.07, 6.45) is 1.25. The number of sulfone groups is 1. The van der Waals surface area contributed by atoms with Crippen LogP contribution in [0.4, 0.5) is 0 Å². The van der Waals surface area contributed by atoms with Crippen molar-refractivity contribution in [2.24, 2.45) is 0 Å². The average molecular weight is 285 g/mol. The lowest BCUT2D eigenvalue weighted by Gasteiger charge is -2.12. The monoisotopic (exact) mass is 285 g/mol. The molecule has 0 aliphatic rings. The van der Waals surface area contributed by atoms with Crippen LogP contribution in [0.3, 0.4) is 0 Å². The van der Waals surface area contributed by atoms with Crippen LogP contribution in [0.2, 0.25) is 0 Å². The maximum atomic E-state index is 11.1. The maximum Gasteiger partial charge on any atom is 0.148 e. The summed E-state index contributed by atoms with van der Waals surface area (Å²) in [7, 11) is -2.94. The van der Waals surface area contributed by atoms with E-state index in [9.17, 15) is 8.42 Å². The van der Waals surface area contributed by atoms with E-state index in [-0.39, 0.29) is 11.8 Å². The summed E-state index contributed by atoms with van der Waals surface area (Å²) < 4.78 is 30.6. The molecule has 0 amide bonds. The van der Waals surface area contributed by atoms with Crippen molar-refractivity contribution in [3.8, 4) is 0 Å². The number of benzene rings is 1. The first-order chi connectivity index (χ1) is 8.44. The first-order valence-corrected chi connectivity index (χ1v) is 8.35. The van der Waals surface area contributed by atoms with Crippen LogP contribution < -0.4 is 5.32 Å². The lowest BCUT2D eigenvalue weighted by atomic mass is 10.2. The van der Waals surface area contributed by atoms with Crippen molar-refractivity contribution in [1.29, 1.82) is 0 Å². The number of hydrogen-bond donors (Lipinski definition) is 1. The predicted octanol–water partition coefficient (Wildman–Crippen LogP) is 1.21. The van der Waals surface area contributed by atoms with Gasteiger partial charge < -0.3 is 5.32 Å². The summed E-state index contributed by atoms with van der Waals surface area (Å²) in [6, 6.07) is 5.81. The Labute approximate surface area is 110 Å². The number of fused-ring (bicyclic) bond motifs is 1. The second kappa shape index (κ2) is 5.29. The largest absolute Gasteiger partial charge is 0.309 e. The van der Waals surface area contributed by atoms with E-state index in [0.29, 0.717) is 6.54 Å². The van der Waals surface area contributed by atoms with Gasteiger partial charge >= 0.3 is 0 Å². The topological polar surface area (TPSA) is 72.0 Å². The summed E-state index contributed by atoms with van der Waals surface area (Å²) in [5.74, 6) is 0.146. The van der Waals surface area contributed by atoms with Crippen molar-refractivity contribution >= 4 is 32.6 Å². The molecule has 0 bridgehead atoms. The van der Waals surface area contributed by atoms with E-state index in [1.165, 1.54) is 18.0 Å². The zero-order chi connectivity index (χ0) is 13.2. The molecular weight excluding hydrogens is 270 g/mol. The minimum Gasteiger partial charge on any atom is -0.309 e. The van der Waals surface area contributed by atoms with Gasteiger partial charge in [0.25, 0.3) is 0 Å². The standard InChI is InChI=1S/C11H15N3O2S2/c1-8(7-18(2,15)16)12-6-9-3-4-10-11(5-9)14-17-13-10/h3-5,8,12H,6-7H2,1-2H3. The molecule has 98 valence electrons. The van der Waals surface area contributed by atoms with Gasteiger partial charge in [-0.05, 0) is 24.6 Å². The van der Waals surface area contributed by atoms with Gasteiger partial charge in [-0.25, -0.2) is 8.42 Å². The maximum absolute atomic E-state index is 11.1. The summed E-state index contributed by atoms with van der Waals surface area (Å²) >= 11 is 1.19. The van der Waals surface area contributed by atoms with Crippen LogP contribution in [0.1, 0.15) is 12.5 Å². The van der Waals surface area contributed by atoms with Crippen LogP contribution in [0.15, 0.2) is 18.2 Å². The third kappa shape index (κ3) is 3.72. The van der Waals surface area contributed by atoms with Crippen molar-refractivity contribution in [2.75, 3.05) is 12.0 Å². The molecule has 0 spiro atoms. The normalized spacial score (nSPS) is 13.9. The van der Waals surface area contributed by atoms with Crippen LogP contribution in [0.5, 0.6) is 0 Å². The fourth-order valence-electron chi connectivity index (χ4n) is 1.74. The first kappa shape index (κ1) is 13.4. The molecule has 2 rings (SSSR count). The average Bonchev–Trinajstić information content (AvgIpc) is 2.71. The molecule has 1 unspecified atom stereocenters. The molecule has 5 nitrogen and oxygen atoms in total.